The van der Waals surface area contributed by atoms with Gasteiger partial charge in [-0.25, -0.2) is 9.67 Å². The first-order valence-electron chi connectivity index (χ1n) is 8.45. The molecule has 0 saturated heterocycles. The molecular weight excluding hydrogens is 330 g/mol. The molecule has 0 fully saturated rings. The van der Waals surface area contributed by atoms with Crippen molar-refractivity contribution in [2.45, 2.75) is 26.5 Å². The predicted octanol–water partition coefficient (Wildman–Crippen LogP) is 3.42. The van der Waals surface area contributed by atoms with Gasteiger partial charge in [0, 0.05) is 12.8 Å². The van der Waals surface area contributed by atoms with Crippen molar-refractivity contribution in [2.75, 3.05) is 7.11 Å². The average molecular weight is 351 g/mol. The first-order valence-corrected chi connectivity index (χ1v) is 8.45. The van der Waals surface area contributed by atoms with Crippen molar-refractivity contribution in [3.63, 3.8) is 0 Å². The van der Waals surface area contributed by atoms with Crippen molar-refractivity contribution >= 4 is 12.2 Å². The van der Waals surface area contributed by atoms with Gasteiger partial charge in [-0.1, -0.05) is 42.4 Å². The topological polar surface area (TPSA) is 74.4 Å². The molecule has 3 aromatic rings. The van der Waals surface area contributed by atoms with E-state index in [9.17, 15) is 0 Å². The molecule has 134 valence electrons. The molecule has 0 aliphatic rings. The monoisotopic (exact) mass is 351 g/mol. The van der Waals surface area contributed by atoms with Crippen LogP contribution in [0.4, 0.5) is 5.95 Å². The molecule has 0 radical (unpaired) electrons. The molecule has 0 amide bonds. The minimum absolute atomic E-state index is 0.482. The van der Waals surface area contributed by atoms with Gasteiger partial charge in [0.15, 0.2) is 11.5 Å². The zero-order valence-electron chi connectivity index (χ0n) is 14.9. The van der Waals surface area contributed by atoms with Gasteiger partial charge in [0.1, 0.15) is 6.61 Å². The maximum Gasteiger partial charge on any atom is 0.269 e. The summed E-state index contributed by atoms with van der Waals surface area (Å²) in [6.45, 7) is 3.28. The molecule has 26 heavy (non-hydrogen) atoms. The summed E-state index contributed by atoms with van der Waals surface area (Å²) >= 11 is 0. The van der Waals surface area contributed by atoms with Gasteiger partial charge in [-0.05, 0) is 46.2 Å². The van der Waals surface area contributed by atoms with Crippen LogP contribution >= 0.6 is 0 Å². The fourth-order valence-electron chi connectivity index (χ4n) is 2.40. The van der Waals surface area contributed by atoms with Crippen LogP contribution in [0, 0.1) is 0 Å². The van der Waals surface area contributed by atoms with Gasteiger partial charge in [-0.15, -0.1) is 0 Å². The number of ether oxygens (including phenoxy) is 2. The minimum atomic E-state index is 0.482. The fraction of sp³-hybridized carbons (Fsp3) is 0.263. The summed E-state index contributed by atoms with van der Waals surface area (Å²) in [4.78, 5) is 4.36. The van der Waals surface area contributed by atoms with Crippen molar-refractivity contribution in [1.29, 1.82) is 0 Å². The van der Waals surface area contributed by atoms with Crippen LogP contribution in [-0.2, 0) is 13.2 Å². The fourth-order valence-corrected chi connectivity index (χ4v) is 2.40. The van der Waals surface area contributed by atoms with E-state index in [2.05, 4.69) is 27.4 Å². The zero-order valence-corrected chi connectivity index (χ0v) is 14.9. The van der Waals surface area contributed by atoms with E-state index in [1.54, 1.807) is 18.0 Å². The standard InChI is InChI=1S/C19H21N5O2/c1-3-11-24-19(21-22-23-24)20-13-16-9-10-17(18(12-16)25-2)26-14-15-7-5-4-6-8-15/h4-10,12-13H,3,11,14H2,1-2H3. The van der Waals surface area contributed by atoms with Gasteiger partial charge < -0.3 is 9.47 Å². The number of benzene rings is 2. The number of aryl methyl sites for hydroxylation is 1. The van der Waals surface area contributed by atoms with Crippen molar-refractivity contribution in [3.05, 3.63) is 59.7 Å². The van der Waals surface area contributed by atoms with Crippen molar-refractivity contribution < 1.29 is 9.47 Å². The van der Waals surface area contributed by atoms with Crippen LogP contribution in [0.2, 0.25) is 0 Å². The summed E-state index contributed by atoms with van der Waals surface area (Å²) in [6, 6.07) is 15.7. The Hall–Kier alpha value is -3.22. The lowest BCUT2D eigenvalue weighted by Crippen LogP contribution is -1.99. The quantitative estimate of drug-likeness (QED) is 0.581. The van der Waals surface area contributed by atoms with Gasteiger partial charge in [0.05, 0.1) is 7.11 Å². The van der Waals surface area contributed by atoms with E-state index in [0.29, 0.717) is 24.1 Å². The summed E-state index contributed by atoms with van der Waals surface area (Å²) in [5.41, 5.74) is 1.97. The minimum Gasteiger partial charge on any atom is -0.493 e. The van der Waals surface area contributed by atoms with Crippen LogP contribution in [0.25, 0.3) is 0 Å². The first kappa shape index (κ1) is 17.6. The Morgan fingerprint density at radius 2 is 1.96 bits per heavy atom. The van der Waals surface area contributed by atoms with E-state index in [1.807, 2.05) is 48.5 Å². The summed E-state index contributed by atoms with van der Waals surface area (Å²) in [5.74, 6) is 1.82. The number of aliphatic imine (C=N–C) groups is 1. The molecule has 1 aromatic heterocycles. The molecule has 0 atom stereocenters. The van der Waals surface area contributed by atoms with Crippen LogP contribution in [0.15, 0.2) is 53.5 Å². The summed E-state index contributed by atoms with van der Waals surface area (Å²) in [5, 5.41) is 11.5. The highest BCUT2D eigenvalue weighted by Gasteiger charge is 2.07. The Morgan fingerprint density at radius 3 is 2.73 bits per heavy atom. The molecule has 3 rings (SSSR count). The van der Waals surface area contributed by atoms with Crippen LogP contribution in [0.3, 0.4) is 0 Å². The van der Waals surface area contributed by atoms with Crippen molar-refractivity contribution in [2.24, 2.45) is 4.99 Å². The number of nitrogens with zero attached hydrogens (tertiary/aromatic N) is 5. The Kier molecular flexibility index (Phi) is 5.92. The van der Waals surface area contributed by atoms with Gasteiger partial charge >= 0.3 is 0 Å². The second-order valence-electron chi connectivity index (χ2n) is 5.64. The third kappa shape index (κ3) is 4.44. The molecule has 0 bridgehead atoms. The molecule has 0 N–H and O–H groups in total. The number of hydrogen-bond acceptors (Lipinski definition) is 6. The van der Waals surface area contributed by atoms with Gasteiger partial charge in [0.2, 0.25) is 0 Å². The van der Waals surface area contributed by atoms with E-state index in [0.717, 1.165) is 24.1 Å². The normalized spacial score (nSPS) is 11.0. The lowest BCUT2D eigenvalue weighted by molar-refractivity contribution is 0.284. The van der Waals surface area contributed by atoms with Crippen molar-refractivity contribution in [3.8, 4) is 11.5 Å². The highest BCUT2D eigenvalue weighted by molar-refractivity contribution is 5.82. The average Bonchev–Trinajstić information content (AvgIpc) is 3.13. The Morgan fingerprint density at radius 1 is 1.12 bits per heavy atom. The summed E-state index contributed by atoms with van der Waals surface area (Å²) in [6.07, 6.45) is 2.65. The van der Waals surface area contributed by atoms with Crippen LogP contribution in [-0.4, -0.2) is 33.5 Å². The van der Waals surface area contributed by atoms with Crippen LogP contribution in [0.5, 0.6) is 11.5 Å². The predicted molar refractivity (Wildman–Crippen MR) is 99.1 cm³/mol. The van der Waals surface area contributed by atoms with Gasteiger partial charge in [-0.3, -0.25) is 0 Å². The second kappa shape index (κ2) is 8.75. The highest BCUT2D eigenvalue weighted by atomic mass is 16.5. The van der Waals surface area contributed by atoms with Gasteiger partial charge in [0.25, 0.3) is 5.95 Å². The van der Waals surface area contributed by atoms with E-state index in [-0.39, 0.29) is 0 Å². The maximum atomic E-state index is 5.86. The zero-order chi connectivity index (χ0) is 18.2. The molecule has 0 aliphatic heterocycles. The van der Waals surface area contributed by atoms with Crippen LogP contribution in [0.1, 0.15) is 24.5 Å². The molecule has 7 nitrogen and oxygen atoms in total. The lowest BCUT2D eigenvalue weighted by Gasteiger charge is -2.11. The molecule has 2 aromatic carbocycles. The maximum absolute atomic E-state index is 5.86. The highest BCUT2D eigenvalue weighted by Crippen LogP contribution is 2.28. The van der Waals surface area contributed by atoms with E-state index < -0.39 is 0 Å². The molecule has 1 heterocycles. The molecule has 7 heteroatoms. The van der Waals surface area contributed by atoms with E-state index >= 15 is 0 Å². The molecule has 0 aliphatic carbocycles. The Bertz CT molecular complexity index is 861. The number of methoxy groups -OCH3 is 1. The molecule has 0 unspecified atom stereocenters. The van der Waals surface area contributed by atoms with Crippen LogP contribution < -0.4 is 9.47 Å². The number of rotatable bonds is 8. The molecular formula is C19H21N5O2. The SMILES string of the molecule is CCCn1nnnc1N=Cc1ccc(OCc2ccccc2)c(OC)c1. The second-order valence-corrected chi connectivity index (χ2v) is 5.64. The molecule has 0 spiro atoms. The largest absolute Gasteiger partial charge is 0.493 e. The van der Waals surface area contributed by atoms with E-state index in [4.69, 9.17) is 9.47 Å². The smallest absolute Gasteiger partial charge is 0.269 e. The number of hydrogen-bond donors (Lipinski definition) is 0. The lowest BCUT2D eigenvalue weighted by atomic mass is 10.2. The van der Waals surface area contributed by atoms with Gasteiger partial charge in [-0.2, -0.15) is 0 Å². The summed E-state index contributed by atoms with van der Waals surface area (Å²) in [7, 11) is 1.62. The Labute approximate surface area is 152 Å². The number of aromatic nitrogens is 4. The molecule has 0 saturated carbocycles. The third-order valence-corrected chi connectivity index (χ3v) is 3.70. The Balaban J connectivity index is 1.71. The third-order valence-electron chi connectivity index (χ3n) is 3.70. The first-order chi connectivity index (χ1) is 12.8. The number of tetrazole rings is 1. The summed E-state index contributed by atoms with van der Waals surface area (Å²) < 4.78 is 13.0. The van der Waals surface area contributed by atoms with Crippen molar-refractivity contribution in [1.82, 2.24) is 20.2 Å². The van der Waals surface area contributed by atoms with E-state index in [1.165, 1.54) is 0 Å².